The monoisotopic (exact) mass is 311 g/mol. The van der Waals surface area contributed by atoms with Crippen molar-refractivity contribution in [3.05, 3.63) is 29.3 Å². The maximum atomic E-state index is 12.2. The molecule has 21 heavy (non-hydrogen) atoms. The molecular formula is C14H21N3O3S. The molecule has 2 rings (SSSR count). The van der Waals surface area contributed by atoms with Crippen LogP contribution in [0.15, 0.2) is 18.2 Å². The average Bonchev–Trinajstić information content (AvgIpc) is 2.45. The number of sulfonamides is 1. The largest absolute Gasteiger partial charge is 0.384 e. The van der Waals surface area contributed by atoms with Crippen molar-refractivity contribution in [2.45, 2.75) is 12.8 Å². The van der Waals surface area contributed by atoms with E-state index in [0.717, 1.165) is 36.9 Å². The smallest absolute Gasteiger partial charge is 0.253 e. The minimum atomic E-state index is -3.21. The molecule has 1 aromatic rings. The molecule has 1 amide bonds. The summed E-state index contributed by atoms with van der Waals surface area (Å²) in [5.41, 5.74) is 2.68. The molecule has 0 unspecified atom stereocenters. The lowest BCUT2D eigenvalue weighted by Crippen LogP contribution is -2.36. The first kappa shape index (κ1) is 15.8. The number of hydrogen-bond donors (Lipinski definition) is 2. The number of carbonyl (C=O) groups is 1. The van der Waals surface area contributed by atoms with E-state index in [1.165, 1.54) is 11.4 Å². The predicted molar refractivity (Wildman–Crippen MR) is 83.1 cm³/mol. The maximum Gasteiger partial charge on any atom is 0.253 e. The van der Waals surface area contributed by atoms with Gasteiger partial charge in [0.15, 0.2) is 0 Å². The maximum absolute atomic E-state index is 12.2. The lowest BCUT2D eigenvalue weighted by Gasteiger charge is -2.21. The summed E-state index contributed by atoms with van der Waals surface area (Å²) in [4.78, 5) is 12.2. The highest BCUT2D eigenvalue weighted by molar-refractivity contribution is 7.88. The van der Waals surface area contributed by atoms with Gasteiger partial charge in [-0.1, -0.05) is 12.1 Å². The zero-order chi connectivity index (χ0) is 15.5. The van der Waals surface area contributed by atoms with Gasteiger partial charge in [-0.05, 0) is 24.5 Å². The molecule has 1 aliphatic heterocycles. The quantitative estimate of drug-likeness (QED) is 0.837. The molecule has 116 valence electrons. The van der Waals surface area contributed by atoms with Crippen molar-refractivity contribution in [2.75, 3.05) is 38.3 Å². The second kappa shape index (κ2) is 6.44. The van der Waals surface area contributed by atoms with Crippen LogP contribution in [0.2, 0.25) is 0 Å². The summed E-state index contributed by atoms with van der Waals surface area (Å²) in [6.07, 6.45) is 3.18. The van der Waals surface area contributed by atoms with Gasteiger partial charge in [0.25, 0.3) is 5.91 Å². The number of benzene rings is 1. The Bertz CT molecular complexity index is 628. The number of hydrogen-bond acceptors (Lipinski definition) is 4. The number of para-hydroxylation sites is 1. The zero-order valence-electron chi connectivity index (χ0n) is 12.3. The van der Waals surface area contributed by atoms with E-state index in [9.17, 15) is 13.2 Å². The molecule has 0 radical (unpaired) electrons. The molecule has 0 atom stereocenters. The molecule has 0 fully saturated rings. The minimum Gasteiger partial charge on any atom is -0.384 e. The average molecular weight is 311 g/mol. The van der Waals surface area contributed by atoms with Crippen LogP contribution in [0.3, 0.4) is 0 Å². The van der Waals surface area contributed by atoms with E-state index in [2.05, 4.69) is 10.6 Å². The van der Waals surface area contributed by atoms with E-state index in [-0.39, 0.29) is 19.0 Å². The Balaban J connectivity index is 1.98. The molecular weight excluding hydrogens is 290 g/mol. The van der Waals surface area contributed by atoms with Gasteiger partial charge in [0, 0.05) is 26.7 Å². The number of anilines is 1. The second-order valence-corrected chi connectivity index (χ2v) is 7.30. The normalized spacial score (nSPS) is 14.4. The Labute approximate surface area is 125 Å². The van der Waals surface area contributed by atoms with Gasteiger partial charge < -0.3 is 10.6 Å². The van der Waals surface area contributed by atoms with Crippen LogP contribution in [0.1, 0.15) is 22.3 Å². The number of amides is 1. The summed E-state index contributed by atoms with van der Waals surface area (Å²) in [5, 5.41) is 6.04. The van der Waals surface area contributed by atoms with Gasteiger partial charge in [0.1, 0.15) is 0 Å². The topological polar surface area (TPSA) is 78.5 Å². The number of nitrogens with zero attached hydrogens (tertiary/aromatic N) is 1. The van der Waals surface area contributed by atoms with Crippen molar-refractivity contribution in [3.63, 3.8) is 0 Å². The van der Waals surface area contributed by atoms with Crippen LogP contribution in [0.5, 0.6) is 0 Å². The summed E-state index contributed by atoms with van der Waals surface area (Å²) < 4.78 is 23.8. The van der Waals surface area contributed by atoms with Gasteiger partial charge in [-0.2, -0.15) is 0 Å². The van der Waals surface area contributed by atoms with Gasteiger partial charge in [-0.25, -0.2) is 12.7 Å². The summed E-state index contributed by atoms with van der Waals surface area (Å²) >= 11 is 0. The highest BCUT2D eigenvalue weighted by Crippen LogP contribution is 2.25. The minimum absolute atomic E-state index is 0.178. The molecule has 1 aliphatic rings. The Morgan fingerprint density at radius 1 is 1.43 bits per heavy atom. The summed E-state index contributed by atoms with van der Waals surface area (Å²) in [5.74, 6) is -0.178. The first-order chi connectivity index (χ1) is 9.89. The van der Waals surface area contributed by atoms with Gasteiger partial charge in [0.05, 0.1) is 17.5 Å². The first-order valence-corrected chi connectivity index (χ1v) is 8.79. The number of likely N-dealkylation sites (N-methyl/N-ethyl adjacent to an activating group) is 1. The van der Waals surface area contributed by atoms with Crippen LogP contribution < -0.4 is 10.6 Å². The van der Waals surface area contributed by atoms with Crippen molar-refractivity contribution < 1.29 is 13.2 Å². The number of nitrogens with one attached hydrogen (secondary N) is 2. The predicted octanol–water partition coefficient (Wildman–Crippen LogP) is 0.666. The Kier molecular flexibility index (Phi) is 4.84. The lowest BCUT2D eigenvalue weighted by atomic mass is 9.99. The van der Waals surface area contributed by atoms with Crippen molar-refractivity contribution in [2.24, 2.45) is 0 Å². The SMILES string of the molecule is CN(CCNC(=O)c1cccc2c1NCCC2)S(C)(=O)=O. The fourth-order valence-electron chi connectivity index (χ4n) is 2.29. The third-order valence-electron chi connectivity index (χ3n) is 3.60. The van der Waals surface area contributed by atoms with Crippen LogP contribution >= 0.6 is 0 Å². The molecule has 0 aliphatic carbocycles. The Hall–Kier alpha value is -1.60. The van der Waals surface area contributed by atoms with Gasteiger partial charge in [-0.3, -0.25) is 4.79 Å². The van der Waals surface area contributed by atoms with E-state index < -0.39 is 10.0 Å². The van der Waals surface area contributed by atoms with Crippen LogP contribution in [-0.2, 0) is 16.4 Å². The molecule has 0 bridgehead atoms. The molecule has 6 nitrogen and oxygen atoms in total. The van der Waals surface area contributed by atoms with E-state index in [1.807, 2.05) is 12.1 Å². The highest BCUT2D eigenvalue weighted by Gasteiger charge is 2.17. The Morgan fingerprint density at radius 2 is 2.19 bits per heavy atom. The van der Waals surface area contributed by atoms with Gasteiger partial charge in [0.2, 0.25) is 10.0 Å². The van der Waals surface area contributed by atoms with Gasteiger partial charge in [-0.15, -0.1) is 0 Å². The van der Waals surface area contributed by atoms with Crippen molar-refractivity contribution >= 4 is 21.6 Å². The van der Waals surface area contributed by atoms with Crippen molar-refractivity contribution in [1.29, 1.82) is 0 Å². The Morgan fingerprint density at radius 3 is 2.90 bits per heavy atom. The van der Waals surface area contributed by atoms with Crippen molar-refractivity contribution in [1.82, 2.24) is 9.62 Å². The number of rotatable bonds is 5. The lowest BCUT2D eigenvalue weighted by molar-refractivity contribution is 0.0953. The molecule has 1 aromatic carbocycles. The molecule has 7 heteroatoms. The van der Waals surface area contributed by atoms with E-state index in [0.29, 0.717) is 5.56 Å². The van der Waals surface area contributed by atoms with Crippen LogP contribution in [0.25, 0.3) is 0 Å². The standard InChI is InChI=1S/C14H21N3O3S/c1-17(21(2,19)20)10-9-16-14(18)12-7-3-5-11-6-4-8-15-13(11)12/h3,5,7,15H,4,6,8-10H2,1-2H3,(H,16,18). The van der Waals surface area contributed by atoms with Crippen LogP contribution in [0.4, 0.5) is 5.69 Å². The van der Waals surface area contributed by atoms with Crippen LogP contribution in [0, 0.1) is 0 Å². The molecule has 0 spiro atoms. The number of fused-ring (bicyclic) bond motifs is 1. The fraction of sp³-hybridized carbons (Fsp3) is 0.500. The number of aryl methyl sites for hydroxylation is 1. The van der Waals surface area contributed by atoms with Crippen LogP contribution in [-0.4, -0.2) is 51.6 Å². The fourth-order valence-corrected chi connectivity index (χ4v) is 2.71. The molecule has 0 aromatic heterocycles. The van der Waals surface area contributed by atoms with E-state index in [1.54, 1.807) is 6.07 Å². The first-order valence-electron chi connectivity index (χ1n) is 6.95. The third kappa shape index (κ3) is 3.95. The van der Waals surface area contributed by atoms with Crippen molar-refractivity contribution in [3.8, 4) is 0 Å². The summed E-state index contributed by atoms with van der Waals surface area (Å²) in [6, 6.07) is 5.69. The molecule has 1 heterocycles. The summed E-state index contributed by atoms with van der Waals surface area (Å²) in [6.45, 7) is 1.41. The van der Waals surface area contributed by atoms with E-state index in [4.69, 9.17) is 0 Å². The highest BCUT2D eigenvalue weighted by atomic mass is 32.2. The molecule has 2 N–H and O–H groups in total. The molecule has 0 saturated heterocycles. The molecule has 0 saturated carbocycles. The number of carbonyl (C=O) groups excluding carboxylic acids is 1. The van der Waals surface area contributed by atoms with E-state index >= 15 is 0 Å². The zero-order valence-corrected chi connectivity index (χ0v) is 13.2. The second-order valence-electron chi connectivity index (χ2n) is 5.21. The third-order valence-corrected chi connectivity index (χ3v) is 4.91. The summed E-state index contributed by atoms with van der Waals surface area (Å²) in [7, 11) is -1.72. The van der Waals surface area contributed by atoms with Gasteiger partial charge >= 0.3 is 0 Å².